The van der Waals surface area contributed by atoms with Gasteiger partial charge in [-0.25, -0.2) is 0 Å². The maximum atomic E-state index is 2.44. The summed E-state index contributed by atoms with van der Waals surface area (Å²) in [6.45, 7) is 14.6. The van der Waals surface area contributed by atoms with Gasteiger partial charge in [0.05, 0.1) is 0 Å². The molecule has 0 spiro atoms. The van der Waals surface area contributed by atoms with Crippen LogP contribution in [0.3, 0.4) is 0 Å². The zero-order valence-electron chi connectivity index (χ0n) is 16.2. The van der Waals surface area contributed by atoms with E-state index in [2.05, 4.69) is 41.5 Å². The first-order valence-electron chi connectivity index (χ1n) is 10.1. The molecule has 0 aliphatic carbocycles. The van der Waals surface area contributed by atoms with Crippen LogP contribution in [0.4, 0.5) is 0 Å². The average Bonchev–Trinajstić information content (AvgIpc) is 2.40. The second kappa shape index (κ2) is 12.3. The molecular weight excluding hydrogens is 290 g/mol. The Morgan fingerprint density at radius 2 is 0.571 bits per heavy atom. The number of hydrogen-bond acceptors (Lipinski definition) is 0. The van der Waals surface area contributed by atoms with E-state index in [4.69, 9.17) is 0 Å². The van der Waals surface area contributed by atoms with Crippen LogP contribution in [-0.2, 0) is 0 Å². The fraction of sp³-hybridized carbons (Fsp3) is 1.00. The van der Waals surface area contributed by atoms with Crippen LogP contribution in [0, 0.1) is 0 Å². The van der Waals surface area contributed by atoms with Crippen LogP contribution >= 0.6 is 14.5 Å². The van der Waals surface area contributed by atoms with Gasteiger partial charge in [-0.1, -0.05) is 0 Å². The molecule has 0 saturated heterocycles. The van der Waals surface area contributed by atoms with Crippen molar-refractivity contribution in [3.8, 4) is 0 Å². The Balaban J connectivity index is 5.30. The van der Waals surface area contributed by atoms with Crippen LogP contribution in [0.15, 0.2) is 0 Å². The van der Waals surface area contributed by atoms with Gasteiger partial charge in [0.25, 0.3) is 0 Å². The standard InChI is InChI=1S/C19H46P2/c1-7-13-20(14-8-2,15-9-3)19-21(16-10-4,17-11-5)18-12-6/h20-21H,7-19H2,1-6H3. The molecule has 0 saturated carbocycles. The molecule has 0 nitrogen and oxygen atoms in total. The second-order valence-corrected chi connectivity index (χ2v) is 18.1. The predicted octanol–water partition coefficient (Wildman–Crippen LogP) is 6.90. The average molecular weight is 337 g/mol. The van der Waals surface area contributed by atoms with Crippen LogP contribution in [-0.4, -0.2) is 42.9 Å². The summed E-state index contributed by atoms with van der Waals surface area (Å²) in [7, 11) is -1.96. The Labute approximate surface area is 137 Å². The van der Waals surface area contributed by atoms with Gasteiger partial charge in [-0.05, 0) is 0 Å². The van der Waals surface area contributed by atoms with Gasteiger partial charge in [0.2, 0.25) is 0 Å². The third kappa shape index (κ3) is 7.79. The Kier molecular flexibility index (Phi) is 12.8. The molecule has 0 fully saturated rings. The van der Waals surface area contributed by atoms with Gasteiger partial charge >= 0.3 is 137 Å². The van der Waals surface area contributed by atoms with Gasteiger partial charge in [-0.15, -0.1) is 0 Å². The molecule has 21 heavy (non-hydrogen) atoms. The zero-order valence-corrected chi connectivity index (χ0v) is 18.2. The molecule has 0 radical (unpaired) electrons. The summed E-state index contributed by atoms with van der Waals surface area (Å²) in [5.74, 6) is 1.78. The summed E-state index contributed by atoms with van der Waals surface area (Å²) in [4.78, 5) is 0. The minimum atomic E-state index is -0.981. The van der Waals surface area contributed by atoms with Gasteiger partial charge in [-0.2, -0.15) is 0 Å². The van der Waals surface area contributed by atoms with E-state index in [1.54, 1.807) is 42.9 Å². The van der Waals surface area contributed by atoms with E-state index in [1.165, 1.54) is 38.5 Å². The van der Waals surface area contributed by atoms with Crippen LogP contribution in [0.25, 0.3) is 0 Å². The van der Waals surface area contributed by atoms with E-state index in [-0.39, 0.29) is 0 Å². The molecule has 0 aliphatic rings. The first kappa shape index (κ1) is 21.9. The first-order valence-corrected chi connectivity index (χ1v) is 15.7. The van der Waals surface area contributed by atoms with Crippen molar-refractivity contribution in [3.05, 3.63) is 0 Å². The molecule has 0 amide bonds. The van der Waals surface area contributed by atoms with Gasteiger partial charge in [0.15, 0.2) is 0 Å². The van der Waals surface area contributed by atoms with Crippen molar-refractivity contribution in [2.45, 2.75) is 80.1 Å². The molecule has 0 N–H and O–H groups in total. The molecule has 0 aliphatic heterocycles. The van der Waals surface area contributed by atoms with Crippen molar-refractivity contribution in [1.29, 1.82) is 0 Å². The fourth-order valence-corrected chi connectivity index (χ4v) is 23.7. The quantitative estimate of drug-likeness (QED) is 0.302. The van der Waals surface area contributed by atoms with E-state index in [0.717, 1.165) is 0 Å². The summed E-state index contributed by atoms with van der Waals surface area (Å²) < 4.78 is 0. The molecule has 0 bridgehead atoms. The molecule has 0 rings (SSSR count). The second-order valence-electron chi connectivity index (χ2n) is 7.68. The Morgan fingerprint density at radius 1 is 0.381 bits per heavy atom. The van der Waals surface area contributed by atoms with Crippen LogP contribution < -0.4 is 0 Å². The minimum absolute atomic E-state index is 0.981. The summed E-state index contributed by atoms with van der Waals surface area (Å²) >= 11 is 0. The van der Waals surface area contributed by atoms with Crippen molar-refractivity contribution in [3.63, 3.8) is 0 Å². The van der Waals surface area contributed by atoms with Crippen LogP contribution in [0.2, 0.25) is 0 Å². The molecule has 0 aromatic heterocycles. The van der Waals surface area contributed by atoms with Crippen molar-refractivity contribution in [2.24, 2.45) is 0 Å². The predicted molar refractivity (Wildman–Crippen MR) is 112 cm³/mol. The maximum absolute atomic E-state index is 2.44. The van der Waals surface area contributed by atoms with E-state index in [0.29, 0.717) is 0 Å². The SMILES string of the molecule is CCC[PH](CCC)(CCC)C[PH](CCC)(CCC)CCC. The van der Waals surface area contributed by atoms with E-state index in [9.17, 15) is 0 Å². The van der Waals surface area contributed by atoms with Crippen molar-refractivity contribution < 1.29 is 0 Å². The van der Waals surface area contributed by atoms with Gasteiger partial charge in [0.1, 0.15) is 0 Å². The Morgan fingerprint density at radius 3 is 0.714 bits per heavy atom. The third-order valence-electron chi connectivity index (χ3n) is 5.43. The van der Waals surface area contributed by atoms with E-state index in [1.807, 2.05) is 0 Å². The van der Waals surface area contributed by atoms with Crippen molar-refractivity contribution in [1.82, 2.24) is 0 Å². The van der Waals surface area contributed by atoms with Gasteiger partial charge < -0.3 is 0 Å². The molecular formula is C19H46P2. The molecule has 2 heteroatoms. The monoisotopic (exact) mass is 336 g/mol. The Hall–Kier alpha value is 0.860. The molecule has 0 aromatic carbocycles. The van der Waals surface area contributed by atoms with Crippen LogP contribution in [0.1, 0.15) is 80.1 Å². The van der Waals surface area contributed by atoms with E-state index >= 15 is 0 Å². The Bertz CT molecular complexity index is 180. The number of rotatable bonds is 14. The molecule has 132 valence electrons. The van der Waals surface area contributed by atoms with Crippen molar-refractivity contribution >= 4 is 14.5 Å². The summed E-state index contributed by atoms with van der Waals surface area (Å²) in [6.07, 6.45) is 18.4. The van der Waals surface area contributed by atoms with E-state index < -0.39 is 14.5 Å². The topological polar surface area (TPSA) is 0 Å². The van der Waals surface area contributed by atoms with Crippen LogP contribution in [0.5, 0.6) is 0 Å². The molecule has 0 unspecified atom stereocenters. The molecule has 0 atom stereocenters. The third-order valence-corrected chi connectivity index (χ3v) is 20.8. The van der Waals surface area contributed by atoms with Gasteiger partial charge in [0, 0.05) is 0 Å². The first-order chi connectivity index (χ1) is 10.1. The summed E-state index contributed by atoms with van der Waals surface area (Å²) in [6, 6.07) is 0. The summed E-state index contributed by atoms with van der Waals surface area (Å²) in [5, 5.41) is 0. The zero-order chi connectivity index (χ0) is 16.2. The van der Waals surface area contributed by atoms with Crippen molar-refractivity contribution in [2.75, 3.05) is 42.9 Å². The molecule has 0 heterocycles. The number of hydrogen-bond donors (Lipinski definition) is 0. The fourth-order valence-electron chi connectivity index (χ4n) is 5.26. The van der Waals surface area contributed by atoms with Gasteiger partial charge in [-0.3, -0.25) is 0 Å². The molecule has 0 aromatic rings. The normalized spacial score (nSPS) is 14.4. The summed E-state index contributed by atoms with van der Waals surface area (Å²) in [5.41, 5.74) is 0.